The molecule has 2 nitrogen and oxygen atoms in total. The van der Waals surface area contributed by atoms with E-state index in [-0.39, 0.29) is 5.92 Å². The van der Waals surface area contributed by atoms with Crippen molar-refractivity contribution < 1.29 is 4.74 Å². The van der Waals surface area contributed by atoms with E-state index in [1.54, 1.807) is 0 Å². The molecule has 0 N–H and O–H groups in total. The highest BCUT2D eigenvalue weighted by atomic mass is 16.5. The van der Waals surface area contributed by atoms with Gasteiger partial charge < -0.3 is 4.74 Å². The monoisotopic (exact) mass is 305 g/mol. The molecule has 118 valence electrons. The van der Waals surface area contributed by atoms with Crippen molar-refractivity contribution in [3.05, 3.63) is 64.7 Å². The van der Waals surface area contributed by atoms with Gasteiger partial charge in [0, 0.05) is 0 Å². The Labute approximate surface area is 138 Å². The average Bonchev–Trinajstić information content (AvgIpc) is 3.04. The Bertz CT molecular complexity index is 714. The van der Waals surface area contributed by atoms with Crippen LogP contribution in [0.3, 0.4) is 0 Å². The standard InChI is InChI=1S/C21H23NO/c1-16-6-2-3-10-21(16)19(15-22)9-5-13-23-20-12-11-17-7-4-8-18(17)14-20/h2-3,6,10-12,14,19H,4-5,7-9,13H2,1H3. The van der Waals surface area contributed by atoms with Crippen molar-refractivity contribution in [2.24, 2.45) is 0 Å². The van der Waals surface area contributed by atoms with Crippen LogP contribution in [0.15, 0.2) is 42.5 Å². The van der Waals surface area contributed by atoms with Crippen LogP contribution >= 0.6 is 0 Å². The van der Waals surface area contributed by atoms with Gasteiger partial charge in [0.1, 0.15) is 5.75 Å². The normalized spacial score (nSPS) is 14.1. The fourth-order valence-electron chi connectivity index (χ4n) is 3.38. The van der Waals surface area contributed by atoms with Crippen LogP contribution in [0.2, 0.25) is 0 Å². The van der Waals surface area contributed by atoms with Crippen molar-refractivity contribution >= 4 is 0 Å². The molecule has 0 aliphatic heterocycles. The largest absolute Gasteiger partial charge is 0.494 e. The lowest BCUT2D eigenvalue weighted by Gasteiger charge is -2.13. The molecule has 2 aromatic carbocycles. The third kappa shape index (κ3) is 3.74. The quantitative estimate of drug-likeness (QED) is 0.707. The Hall–Kier alpha value is -2.27. The molecule has 1 aliphatic carbocycles. The minimum atomic E-state index is -0.0418. The van der Waals surface area contributed by atoms with Crippen LogP contribution in [0.5, 0.6) is 5.75 Å². The molecule has 23 heavy (non-hydrogen) atoms. The summed E-state index contributed by atoms with van der Waals surface area (Å²) in [6.07, 6.45) is 5.38. The Morgan fingerprint density at radius 2 is 1.96 bits per heavy atom. The molecule has 0 amide bonds. The van der Waals surface area contributed by atoms with Gasteiger partial charge in [0.15, 0.2) is 0 Å². The van der Waals surface area contributed by atoms with Gasteiger partial charge >= 0.3 is 0 Å². The first-order valence-electron chi connectivity index (χ1n) is 8.47. The number of nitriles is 1. The highest BCUT2D eigenvalue weighted by molar-refractivity contribution is 5.38. The second kappa shape index (κ2) is 7.33. The highest BCUT2D eigenvalue weighted by Crippen LogP contribution is 2.27. The number of rotatable bonds is 6. The van der Waals surface area contributed by atoms with E-state index in [4.69, 9.17) is 4.74 Å². The minimum Gasteiger partial charge on any atom is -0.494 e. The van der Waals surface area contributed by atoms with Gasteiger partial charge in [-0.2, -0.15) is 5.26 Å². The summed E-state index contributed by atoms with van der Waals surface area (Å²) in [7, 11) is 0. The molecule has 0 saturated carbocycles. The van der Waals surface area contributed by atoms with Crippen molar-refractivity contribution in [1.82, 2.24) is 0 Å². The molecule has 0 spiro atoms. The van der Waals surface area contributed by atoms with E-state index in [1.807, 2.05) is 12.1 Å². The molecule has 1 unspecified atom stereocenters. The third-order valence-corrected chi connectivity index (χ3v) is 4.70. The molecule has 3 rings (SSSR count). The van der Waals surface area contributed by atoms with Crippen LogP contribution in [0.25, 0.3) is 0 Å². The highest BCUT2D eigenvalue weighted by Gasteiger charge is 2.13. The predicted molar refractivity (Wildman–Crippen MR) is 92.7 cm³/mol. The number of nitrogens with zero attached hydrogens (tertiary/aromatic N) is 1. The lowest BCUT2D eigenvalue weighted by atomic mass is 9.92. The molecule has 0 saturated heterocycles. The number of ether oxygens (including phenoxy) is 1. The first-order valence-corrected chi connectivity index (χ1v) is 8.47. The molecule has 0 heterocycles. The molecule has 1 aliphatic rings. The molecule has 1 atom stereocenters. The van der Waals surface area contributed by atoms with Crippen molar-refractivity contribution in [2.75, 3.05) is 6.61 Å². The van der Waals surface area contributed by atoms with Crippen LogP contribution in [-0.2, 0) is 12.8 Å². The van der Waals surface area contributed by atoms with E-state index in [2.05, 4.69) is 43.3 Å². The minimum absolute atomic E-state index is 0.0418. The van der Waals surface area contributed by atoms with Crippen molar-refractivity contribution in [1.29, 1.82) is 5.26 Å². The summed E-state index contributed by atoms with van der Waals surface area (Å²) in [5.41, 5.74) is 5.25. The van der Waals surface area contributed by atoms with Gasteiger partial charge in [-0.15, -0.1) is 0 Å². The number of fused-ring (bicyclic) bond motifs is 1. The Morgan fingerprint density at radius 3 is 2.78 bits per heavy atom. The SMILES string of the molecule is Cc1ccccc1C(C#N)CCCOc1ccc2c(c1)CCC2. The molecule has 2 heteroatoms. The molecular weight excluding hydrogens is 282 g/mol. The molecule has 0 bridgehead atoms. The lowest BCUT2D eigenvalue weighted by Crippen LogP contribution is -2.03. The molecule has 2 aromatic rings. The van der Waals surface area contributed by atoms with Gasteiger partial charge in [-0.25, -0.2) is 0 Å². The Morgan fingerprint density at radius 1 is 1.13 bits per heavy atom. The Kier molecular flexibility index (Phi) is 4.98. The van der Waals surface area contributed by atoms with Crippen LogP contribution in [0.4, 0.5) is 0 Å². The Balaban J connectivity index is 1.51. The summed E-state index contributed by atoms with van der Waals surface area (Å²) in [4.78, 5) is 0. The van der Waals surface area contributed by atoms with E-state index < -0.39 is 0 Å². The van der Waals surface area contributed by atoms with Crippen molar-refractivity contribution in [3.8, 4) is 11.8 Å². The molecule has 0 radical (unpaired) electrons. The van der Waals surface area contributed by atoms with Crippen LogP contribution in [0, 0.1) is 18.3 Å². The zero-order valence-corrected chi connectivity index (χ0v) is 13.7. The van der Waals surface area contributed by atoms with Gasteiger partial charge in [-0.05, 0) is 73.4 Å². The van der Waals surface area contributed by atoms with Crippen LogP contribution in [0.1, 0.15) is 47.4 Å². The van der Waals surface area contributed by atoms with E-state index in [1.165, 1.54) is 36.0 Å². The average molecular weight is 305 g/mol. The van der Waals surface area contributed by atoms with Gasteiger partial charge in [-0.3, -0.25) is 0 Å². The van der Waals surface area contributed by atoms with E-state index in [0.717, 1.165) is 24.2 Å². The maximum atomic E-state index is 9.44. The van der Waals surface area contributed by atoms with Gasteiger partial charge in [0.05, 0.1) is 18.6 Å². The number of hydrogen-bond acceptors (Lipinski definition) is 2. The van der Waals surface area contributed by atoms with Gasteiger partial charge in [-0.1, -0.05) is 30.3 Å². The molecular formula is C21H23NO. The summed E-state index contributed by atoms with van der Waals surface area (Å²) in [5, 5.41) is 9.44. The number of aryl methyl sites for hydroxylation is 3. The van der Waals surface area contributed by atoms with E-state index in [9.17, 15) is 5.26 Å². The molecule has 0 aromatic heterocycles. The summed E-state index contributed by atoms with van der Waals surface area (Å²) >= 11 is 0. The number of benzene rings is 2. The smallest absolute Gasteiger partial charge is 0.119 e. The number of hydrogen-bond donors (Lipinski definition) is 0. The maximum absolute atomic E-state index is 9.44. The fourth-order valence-corrected chi connectivity index (χ4v) is 3.38. The zero-order chi connectivity index (χ0) is 16.1. The zero-order valence-electron chi connectivity index (χ0n) is 13.7. The second-order valence-electron chi connectivity index (χ2n) is 6.31. The van der Waals surface area contributed by atoms with Crippen LogP contribution < -0.4 is 4.74 Å². The van der Waals surface area contributed by atoms with Crippen molar-refractivity contribution in [2.45, 2.75) is 44.9 Å². The summed E-state index contributed by atoms with van der Waals surface area (Å²) < 4.78 is 5.88. The van der Waals surface area contributed by atoms with Crippen molar-refractivity contribution in [3.63, 3.8) is 0 Å². The first kappa shape index (κ1) is 15.6. The van der Waals surface area contributed by atoms with Gasteiger partial charge in [0.25, 0.3) is 0 Å². The molecule has 0 fully saturated rings. The lowest BCUT2D eigenvalue weighted by molar-refractivity contribution is 0.304. The van der Waals surface area contributed by atoms with E-state index >= 15 is 0 Å². The summed E-state index contributed by atoms with van der Waals surface area (Å²) in [5.74, 6) is 0.926. The fraction of sp³-hybridized carbons (Fsp3) is 0.381. The summed E-state index contributed by atoms with van der Waals surface area (Å²) in [6, 6.07) is 17.1. The van der Waals surface area contributed by atoms with Crippen LogP contribution in [-0.4, -0.2) is 6.61 Å². The third-order valence-electron chi connectivity index (χ3n) is 4.70. The predicted octanol–water partition coefficient (Wildman–Crippen LogP) is 4.95. The summed E-state index contributed by atoms with van der Waals surface area (Å²) in [6.45, 7) is 2.74. The topological polar surface area (TPSA) is 33.0 Å². The van der Waals surface area contributed by atoms with Gasteiger partial charge in [0.2, 0.25) is 0 Å². The maximum Gasteiger partial charge on any atom is 0.119 e. The second-order valence-corrected chi connectivity index (χ2v) is 6.31. The van der Waals surface area contributed by atoms with E-state index in [0.29, 0.717) is 6.61 Å². The first-order chi connectivity index (χ1) is 11.3.